The summed E-state index contributed by atoms with van der Waals surface area (Å²) in [7, 11) is -0.790. The zero-order valence-corrected chi connectivity index (χ0v) is 16.9. The molecular formula is C20H24N2O5S. The van der Waals surface area contributed by atoms with Crippen molar-refractivity contribution < 1.29 is 22.7 Å². The first-order chi connectivity index (χ1) is 13.2. The number of rotatable bonds is 8. The Balaban J connectivity index is 2.32. The van der Waals surface area contributed by atoms with Crippen molar-refractivity contribution in [1.82, 2.24) is 5.32 Å². The lowest BCUT2D eigenvalue weighted by Gasteiger charge is -2.17. The number of benzene rings is 2. The summed E-state index contributed by atoms with van der Waals surface area (Å²) in [4.78, 5) is 12.7. The van der Waals surface area contributed by atoms with Gasteiger partial charge in [-0.05, 0) is 43.2 Å². The lowest BCUT2D eigenvalue weighted by atomic mass is 10.0. The molecule has 1 amide bonds. The lowest BCUT2D eigenvalue weighted by Crippen LogP contribution is -2.27. The minimum Gasteiger partial charge on any atom is -0.493 e. The highest BCUT2D eigenvalue weighted by molar-refractivity contribution is 7.89. The normalized spacial score (nSPS) is 12.1. The minimum atomic E-state index is -3.82. The quantitative estimate of drug-likeness (QED) is 0.658. The fourth-order valence-corrected chi connectivity index (χ4v) is 3.37. The Morgan fingerprint density at radius 1 is 1.25 bits per heavy atom. The van der Waals surface area contributed by atoms with E-state index >= 15 is 0 Å². The molecule has 8 heteroatoms. The van der Waals surface area contributed by atoms with Crippen LogP contribution in [-0.4, -0.2) is 28.5 Å². The molecule has 1 atom stereocenters. The summed E-state index contributed by atoms with van der Waals surface area (Å²) in [5, 5.41) is 8.03. The van der Waals surface area contributed by atoms with Crippen LogP contribution in [0.4, 0.5) is 0 Å². The van der Waals surface area contributed by atoms with Crippen molar-refractivity contribution >= 4 is 15.9 Å². The number of amides is 1. The highest BCUT2D eigenvalue weighted by Gasteiger charge is 2.18. The van der Waals surface area contributed by atoms with Gasteiger partial charge in [0.2, 0.25) is 10.0 Å². The predicted molar refractivity (Wildman–Crippen MR) is 107 cm³/mol. The Morgan fingerprint density at radius 3 is 2.54 bits per heavy atom. The van der Waals surface area contributed by atoms with Gasteiger partial charge in [0.25, 0.3) is 5.91 Å². The van der Waals surface area contributed by atoms with Crippen LogP contribution in [0.2, 0.25) is 0 Å². The molecule has 1 unspecified atom stereocenters. The van der Waals surface area contributed by atoms with Gasteiger partial charge in [0.15, 0.2) is 11.5 Å². The topological polar surface area (TPSA) is 108 Å². The van der Waals surface area contributed by atoms with Gasteiger partial charge in [-0.25, -0.2) is 13.6 Å². The Hall–Kier alpha value is -2.84. The van der Waals surface area contributed by atoms with Crippen LogP contribution in [0.5, 0.6) is 11.5 Å². The van der Waals surface area contributed by atoms with Crippen molar-refractivity contribution in [2.75, 3.05) is 14.2 Å². The average Bonchev–Trinajstić information content (AvgIpc) is 2.66. The Labute approximate surface area is 165 Å². The molecule has 0 bridgehead atoms. The summed E-state index contributed by atoms with van der Waals surface area (Å²) in [5.41, 5.74) is 1.78. The standard InChI is InChI=1S/C20H24N2O5S/c1-5-7-15-10-16(12-18(26-3)19(15)27-4)20(23)22-13(2)14-8-6-9-17(11-14)28(21,24)25/h5-6,8-13H,1,7H2,2-4H3,(H,22,23)(H2,21,24,25). The molecule has 2 aromatic rings. The number of hydrogen-bond acceptors (Lipinski definition) is 5. The van der Waals surface area contributed by atoms with Crippen molar-refractivity contribution in [2.45, 2.75) is 24.3 Å². The van der Waals surface area contributed by atoms with Crippen LogP contribution in [-0.2, 0) is 16.4 Å². The maximum Gasteiger partial charge on any atom is 0.251 e. The van der Waals surface area contributed by atoms with Gasteiger partial charge in [0.05, 0.1) is 25.2 Å². The summed E-state index contributed by atoms with van der Waals surface area (Å²) >= 11 is 0. The van der Waals surface area contributed by atoms with E-state index in [-0.39, 0.29) is 10.8 Å². The molecule has 28 heavy (non-hydrogen) atoms. The second-order valence-corrected chi connectivity index (χ2v) is 7.74. The van der Waals surface area contributed by atoms with E-state index in [1.165, 1.54) is 26.4 Å². The van der Waals surface area contributed by atoms with E-state index in [1.807, 2.05) is 0 Å². The van der Waals surface area contributed by atoms with Crippen molar-refractivity contribution in [3.63, 3.8) is 0 Å². The van der Waals surface area contributed by atoms with Gasteiger partial charge < -0.3 is 14.8 Å². The molecule has 0 heterocycles. The Kier molecular flexibility index (Phi) is 6.82. The molecule has 2 aromatic carbocycles. The summed E-state index contributed by atoms with van der Waals surface area (Å²) in [6.07, 6.45) is 2.22. The van der Waals surface area contributed by atoms with Crippen LogP contribution in [0.1, 0.15) is 34.5 Å². The van der Waals surface area contributed by atoms with Crippen molar-refractivity contribution in [3.8, 4) is 11.5 Å². The van der Waals surface area contributed by atoms with Crippen LogP contribution in [0.25, 0.3) is 0 Å². The first-order valence-corrected chi connectivity index (χ1v) is 10.0. The van der Waals surface area contributed by atoms with Gasteiger partial charge in [-0.2, -0.15) is 0 Å². The fraction of sp³-hybridized carbons (Fsp3) is 0.250. The number of primary sulfonamides is 1. The monoisotopic (exact) mass is 404 g/mol. The van der Waals surface area contributed by atoms with E-state index in [0.29, 0.717) is 29.0 Å². The van der Waals surface area contributed by atoms with Crippen LogP contribution >= 0.6 is 0 Å². The smallest absolute Gasteiger partial charge is 0.251 e. The van der Waals surface area contributed by atoms with Crippen molar-refractivity contribution in [3.05, 3.63) is 65.7 Å². The molecule has 3 N–H and O–H groups in total. The second-order valence-electron chi connectivity index (χ2n) is 6.18. The summed E-state index contributed by atoms with van der Waals surface area (Å²) < 4.78 is 33.8. The molecule has 150 valence electrons. The zero-order chi connectivity index (χ0) is 20.9. The molecule has 0 aromatic heterocycles. The van der Waals surface area contributed by atoms with Crippen LogP contribution in [0.3, 0.4) is 0 Å². The third-order valence-electron chi connectivity index (χ3n) is 4.22. The molecule has 0 aliphatic carbocycles. The molecule has 0 spiro atoms. The first kappa shape index (κ1) is 21.5. The number of nitrogens with one attached hydrogen (secondary N) is 1. The highest BCUT2D eigenvalue weighted by atomic mass is 32.2. The van der Waals surface area contributed by atoms with Crippen LogP contribution in [0.15, 0.2) is 53.9 Å². The number of allylic oxidation sites excluding steroid dienone is 1. The van der Waals surface area contributed by atoms with Gasteiger partial charge in [0, 0.05) is 11.1 Å². The number of sulfonamides is 1. The predicted octanol–water partition coefficient (Wildman–Crippen LogP) is 2.57. The maximum atomic E-state index is 12.8. The van der Waals surface area contributed by atoms with E-state index in [0.717, 1.165) is 5.56 Å². The summed E-state index contributed by atoms with van der Waals surface area (Å²) in [5.74, 6) is 0.656. The van der Waals surface area contributed by atoms with Crippen LogP contribution < -0.4 is 19.9 Å². The van der Waals surface area contributed by atoms with E-state index in [9.17, 15) is 13.2 Å². The lowest BCUT2D eigenvalue weighted by molar-refractivity contribution is 0.0939. The Bertz CT molecular complexity index is 986. The van der Waals surface area contributed by atoms with Crippen LogP contribution in [0, 0.1) is 0 Å². The molecule has 2 rings (SSSR count). The molecule has 0 aliphatic heterocycles. The van der Waals surface area contributed by atoms with E-state index in [1.54, 1.807) is 37.3 Å². The number of carbonyl (C=O) groups is 1. The number of methoxy groups -OCH3 is 2. The Morgan fingerprint density at radius 2 is 1.96 bits per heavy atom. The third-order valence-corrected chi connectivity index (χ3v) is 5.13. The van der Waals surface area contributed by atoms with E-state index in [4.69, 9.17) is 14.6 Å². The van der Waals surface area contributed by atoms with Gasteiger partial charge in [-0.1, -0.05) is 18.2 Å². The highest BCUT2D eigenvalue weighted by Crippen LogP contribution is 2.33. The molecule has 0 saturated carbocycles. The number of hydrogen-bond donors (Lipinski definition) is 2. The first-order valence-electron chi connectivity index (χ1n) is 8.50. The zero-order valence-electron chi connectivity index (χ0n) is 16.1. The molecule has 0 radical (unpaired) electrons. The molecule has 0 saturated heterocycles. The van der Waals surface area contributed by atoms with Gasteiger partial charge in [0.1, 0.15) is 0 Å². The maximum absolute atomic E-state index is 12.8. The number of nitrogens with two attached hydrogens (primary N) is 1. The van der Waals surface area contributed by atoms with Gasteiger partial charge in [-0.15, -0.1) is 6.58 Å². The van der Waals surface area contributed by atoms with Gasteiger partial charge in [-0.3, -0.25) is 4.79 Å². The fourth-order valence-electron chi connectivity index (χ4n) is 2.81. The molecule has 7 nitrogen and oxygen atoms in total. The van der Waals surface area contributed by atoms with Crippen molar-refractivity contribution in [2.24, 2.45) is 5.14 Å². The molecule has 0 fully saturated rings. The largest absolute Gasteiger partial charge is 0.493 e. The number of carbonyl (C=O) groups excluding carboxylic acids is 1. The third kappa shape index (κ3) is 4.90. The second kappa shape index (κ2) is 8.90. The molecule has 0 aliphatic rings. The van der Waals surface area contributed by atoms with Crippen molar-refractivity contribution in [1.29, 1.82) is 0 Å². The molecular weight excluding hydrogens is 380 g/mol. The average molecular weight is 404 g/mol. The summed E-state index contributed by atoms with van der Waals surface area (Å²) in [6, 6.07) is 9.01. The SMILES string of the molecule is C=CCc1cc(C(=O)NC(C)c2cccc(S(N)(=O)=O)c2)cc(OC)c1OC. The number of ether oxygens (including phenoxy) is 2. The summed E-state index contributed by atoms with van der Waals surface area (Å²) in [6.45, 7) is 5.48. The van der Waals surface area contributed by atoms with E-state index < -0.39 is 16.1 Å². The van der Waals surface area contributed by atoms with Gasteiger partial charge >= 0.3 is 0 Å². The van der Waals surface area contributed by atoms with E-state index in [2.05, 4.69) is 11.9 Å². The minimum absolute atomic E-state index is 0.00881.